The Kier molecular flexibility index (Phi) is 5.82. The number of fused-ring (bicyclic) bond motifs is 1. The van der Waals surface area contributed by atoms with Crippen molar-refractivity contribution < 1.29 is 19.1 Å². The van der Waals surface area contributed by atoms with Crippen LogP contribution in [-0.4, -0.2) is 35.1 Å². The third-order valence-corrected chi connectivity index (χ3v) is 6.73. The molecule has 7 heteroatoms. The van der Waals surface area contributed by atoms with Crippen molar-refractivity contribution in [3.05, 3.63) is 28.1 Å². The van der Waals surface area contributed by atoms with Crippen LogP contribution >= 0.6 is 11.3 Å². The van der Waals surface area contributed by atoms with Gasteiger partial charge in [-0.2, -0.15) is 0 Å². The van der Waals surface area contributed by atoms with Gasteiger partial charge in [-0.3, -0.25) is 9.69 Å². The Bertz CT molecular complexity index is 964. The molecule has 160 valence electrons. The highest BCUT2D eigenvalue weighted by molar-refractivity contribution is 7.11. The summed E-state index contributed by atoms with van der Waals surface area (Å²) in [5, 5.41) is 0.988. The number of anilines is 1. The zero-order chi connectivity index (χ0) is 21.4. The van der Waals surface area contributed by atoms with Crippen LogP contribution in [0, 0.1) is 13.8 Å². The molecule has 1 saturated carbocycles. The first-order valence-corrected chi connectivity index (χ1v) is 11.5. The number of hydrogen-bond donors (Lipinski definition) is 0. The molecule has 1 aliphatic heterocycles. The number of benzene rings is 1. The van der Waals surface area contributed by atoms with Crippen molar-refractivity contribution in [3.63, 3.8) is 0 Å². The van der Waals surface area contributed by atoms with E-state index in [2.05, 4.69) is 4.98 Å². The highest BCUT2D eigenvalue weighted by atomic mass is 32.1. The molecule has 0 bridgehead atoms. The fourth-order valence-corrected chi connectivity index (χ4v) is 5.10. The molecule has 2 aliphatic rings. The van der Waals surface area contributed by atoms with E-state index in [9.17, 15) is 9.59 Å². The molecule has 0 radical (unpaired) electrons. The van der Waals surface area contributed by atoms with Gasteiger partial charge in [-0.15, -0.1) is 11.3 Å². The molecule has 1 aromatic heterocycles. The van der Waals surface area contributed by atoms with E-state index in [1.165, 1.54) is 11.3 Å². The highest BCUT2D eigenvalue weighted by Gasteiger charge is 2.38. The zero-order valence-corrected chi connectivity index (χ0v) is 18.8. The van der Waals surface area contributed by atoms with E-state index in [1.54, 1.807) is 25.2 Å². The molecule has 2 atom stereocenters. The van der Waals surface area contributed by atoms with E-state index in [4.69, 9.17) is 9.47 Å². The lowest BCUT2D eigenvalue weighted by atomic mass is 9.98. The number of thiazole rings is 1. The Morgan fingerprint density at radius 3 is 2.67 bits per heavy atom. The van der Waals surface area contributed by atoms with Gasteiger partial charge in [0.15, 0.2) is 6.10 Å². The van der Waals surface area contributed by atoms with Gasteiger partial charge in [-0.1, -0.05) is 6.42 Å². The maximum atomic E-state index is 13.0. The topological polar surface area (TPSA) is 68.7 Å². The number of esters is 1. The Morgan fingerprint density at radius 2 is 2.00 bits per heavy atom. The Hall–Kier alpha value is -2.41. The van der Waals surface area contributed by atoms with E-state index in [1.807, 2.05) is 32.0 Å². The van der Waals surface area contributed by atoms with Crippen LogP contribution in [0.2, 0.25) is 0 Å². The number of ether oxygens (including phenoxy) is 2. The van der Waals surface area contributed by atoms with E-state index in [0.29, 0.717) is 11.4 Å². The first-order valence-electron chi connectivity index (χ1n) is 10.6. The van der Waals surface area contributed by atoms with Crippen LogP contribution in [0.1, 0.15) is 55.8 Å². The Balaban J connectivity index is 1.66. The summed E-state index contributed by atoms with van der Waals surface area (Å²) in [6.07, 6.45) is 4.45. The van der Waals surface area contributed by atoms with Crippen LogP contribution in [0.5, 0.6) is 5.75 Å². The molecule has 2 heterocycles. The summed E-state index contributed by atoms with van der Waals surface area (Å²) >= 11 is 1.64. The summed E-state index contributed by atoms with van der Waals surface area (Å²) in [4.78, 5) is 33.2. The van der Waals surface area contributed by atoms with E-state index < -0.39 is 12.1 Å². The quantitative estimate of drug-likeness (QED) is 0.654. The lowest BCUT2D eigenvalue weighted by Gasteiger charge is -2.36. The summed E-state index contributed by atoms with van der Waals surface area (Å²) in [6, 6.07) is 4.98. The van der Waals surface area contributed by atoms with Gasteiger partial charge in [0, 0.05) is 10.4 Å². The fourth-order valence-electron chi connectivity index (χ4n) is 4.26. The number of hydrogen-bond acceptors (Lipinski definition) is 6. The number of aryl methyl sites for hydroxylation is 2. The van der Waals surface area contributed by atoms with Gasteiger partial charge < -0.3 is 9.47 Å². The maximum Gasteiger partial charge on any atom is 0.329 e. The molecular weight excluding hydrogens is 400 g/mol. The molecule has 0 spiro atoms. The van der Waals surface area contributed by atoms with Crippen molar-refractivity contribution in [1.29, 1.82) is 0 Å². The summed E-state index contributed by atoms with van der Waals surface area (Å²) in [5.74, 6) is -0.00641. The monoisotopic (exact) mass is 428 g/mol. The minimum atomic E-state index is -0.724. The van der Waals surface area contributed by atoms with Crippen LogP contribution in [0.3, 0.4) is 0 Å². The molecule has 1 fully saturated rings. The third kappa shape index (κ3) is 3.95. The van der Waals surface area contributed by atoms with Crippen molar-refractivity contribution in [3.8, 4) is 17.0 Å². The second-order valence-electron chi connectivity index (χ2n) is 8.16. The Morgan fingerprint density at radius 1 is 1.27 bits per heavy atom. The molecular formula is C23H28N2O4S. The van der Waals surface area contributed by atoms with Gasteiger partial charge in [0.25, 0.3) is 5.91 Å². The minimum Gasteiger partial charge on any atom is -0.479 e. The van der Waals surface area contributed by atoms with Crippen molar-refractivity contribution in [1.82, 2.24) is 4.98 Å². The molecule has 1 aromatic carbocycles. The van der Waals surface area contributed by atoms with E-state index in [0.717, 1.165) is 46.8 Å². The predicted octanol–water partition coefficient (Wildman–Crippen LogP) is 4.81. The van der Waals surface area contributed by atoms with Crippen molar-refractivity contribution >= 4 is 28.9 Å². The van der Waals surface area contributed by atoms with Crippen molar-refractivity contribution in [2.45, 2.75) is 78.0 Å². The third-order valence-electron chi connectivity index (χ3n) is 5.85. The van der Waals surface area contributed by atoms with Crippen LogP contribution < -0.4 is 9.64 Å². The first-order chi connectivity index (χ1) is 14.3. The average Bonchev–Trinajstić information content (AvgIpc) is 3.07. The van der Waals surface area contributed by atoms with E-state index >= 15 is 0 Å². The predicted molar refractivity (Wildman–Crippen MR) is 117 cm³/mol. The van der Waals surface area contributed by atoms with Crippen LogP contribution in [0.15, 0.2) is 18.2 Å². The summed E-state index contributed by atoms with van der Waals surface area (Å²) < 4.78 is 11.6. The molecule has 1 aliphatic carbocycles. The fraction of sp³-hybridized carbons (Fsp3) is 0.522. The number of amides is 1. The maximum absolute atomic E-state index is 13.0. The largest absolute Gasteiger partial charge is 0.479 e. The number of carbonyl (C=O) groups is 2. The second-order valence-corrected chi connectivity index (χ2v) is 9.57. The Labute approximate surface area is 181 Å². The van der Waals surface area contributed by atoms with Crippen molar-refractivity contribution in [2.24, 2.45) is 0 Å². The highest BCUT2D eigenvalue weighted by Crippen LogP contribution is 2.40. The first kappa shape index (κ1) is 20.8. The van der Waals surface area contributed by atoms with Gasteiger partial charge in [-0.25, -0.2) is 9.78 Å². The summed E-state index contributed by atoms with van der Waals surface area (Å²) in [6.45, 7) is 7.45. The average molecular weight is 429 g/mol. The molecule has 2 aromatic rings. The van der Waals surface area contributed by atoms with Crippen LogP contribution in [0.25, 0.3) is 11.3 Å². The van der Waals surface area contributed by atoms with Gasteiger partial charge in [-0.05, 0) is 71.6 Å². The summed E-state index contributed by atoms with van der Waals surface area (Å²) in [5.41, 5.74) is 2.39. The number of carbonyl (C=O) groups excluding carboxylic acids is 2. The van der Waals surface area contributed by atoms with Gasteiger partial charge in [0.05, 0.1) is 16.4 Å². The number of rotatable bonds is 4. The van der Waals surface area contributed by atoms with Crippen molar-refractivity contribution in [2.75, 3.05) is 4.90 Å². The molecule has 2 unspecified atom stereocenters. The molecule has 6 nitrogen and oxygen atoms in total. The second kappa shape index (κ2) is 8.38. The lowest BCUT2D eigenvalue weighted by Crippen LogP contribution is -2.52. The normalized spacial score (nSPS) is 20.5. The van der Waals surface area contributed by atoms with Gasteiger partial charge in [0.2, 0.25) is 0 Å². The molecule has 1 amide bonds. The van der Waals surface area contributed by atoms with Gasteiger partial charge in [0.1, 0.15) is 17.9 Å². The number of aromatic nitrogens is 1. The van der Waals surface area contributed by atoms with E-state index in [-0.39, 0.29) is 18.0 Å². The standard InChI is InChI=1S/C23H28N2O4S/c1-13(23(27)29-18-8-6-5-7-9-18)25-19-12-17(21-15(3)30-16(4)24-21)10-11-20(19)28-14(2)22(25)26/h10-14,18H,5-9H2,1-4H3. The molecule has 0 N–H and O–H groups in total. The molecule has 4 rings (SSSR count). The van der Waals surface area contributed by atoms with Crippen LogP contribution in [0.4, 0.5) is 5.69 Å². The SMILES string of the molecule is Cc1nc(-c2ccc3c(c2)N(C(C)C(=O)OC2CCCCC2)C(=O)C(C)O3)c(C)s1. The smallest absolute Gasteiger partial charge is 0.329 e. The molecule has 0 saturated heterocycles. The lowest BCUT2D eigenvalue weighted by molar-refractivity contribution is -0.153. The van der Waals surface area contributed by atoms with Crippen LogP contribution in [-0.2, 0) is 14.3 Å². The zero-order valence-electron chi connectivity index (χ0n) is 17.9. The molecule has 30 heavy (non-hydrogen) atoms. The minimum absolute atomic E-state index is 0.0475. The summed E-state index contributed by atoms with van der Waals surface area (Å²) in [7, 11) is 0. The van der Waals surface area contributed by atoms with Gasteiger partial charge >= 0.3 is 5.97 Å². The number of nitrogens with zero attached hydrogens (tertiary/aromatic N) is 2.